The maximum absolute atomic E-state index is 13.5. The molecule has 0 amide bonds. The Balaban J connectivity index is 1.66. The third-order valence-electron chi connectivity index (χ3n) is 4.10. The first kappa shape index (κ1) is 14.5. The van der Waals surface area contributed by atoms with E-state index in [9.17, 15) is 4.39 Å². The van der Waals surface area contributed by atoms with E-state index in [1.165, 1.54) is 32.4 Å². The Morgan fingerprint density at radius 1 is 1.21 bits per heavy atom. The molecule has 0 bridgehead atoms. The lowest BCUT2D eigenvalue weighted by atomic mass is 9.94. The van der Waals surface area contributed by atoms with Crippen molar-refractivity contribution in [2.45, 2.75) is 25.7 Å². The minimum absolute atomic E-state index is 0.0748. The Kier molecular flexibility index (Phi) is 5.80. The van der Waals surface area contributed by atoms with Crippen molar-refractivity contribution in [2.24, 2.45) is 5.92 Å². The molecular weight excluding hydrogens is 239 g/mol. The molecule has 1 aromatic carbocycles. The highest BCUT2D eigenvalue weighted by Gasteiger charge is 2.13. The third kappa shape index (κ3) is 4.92. The van der Waals surface area contributed by atoms with Gasteiger partial charge in [-0.05, 0) is 69.9 Å². The van der Waals surface area contributed by atoms with Gasteiger partial charge in [-0.1, -0.05) is 18.2 Å². The van der Waals surface area contributed by atoms with Gasteiger partial charge < -0.3 is 10.2 Å². The summed E-state index contributed by atoms with van der Waals surface area (Å²) in [6, 6.07) is 7.09. The summed E-state index contributed by atoms with van der Waals surface area (Å²) in [5.74, 6) is 0.798. The molecular formula is C16H25FN2. The second-order valence-corrected chi connectivity index (χ2v) is 5.63. The maximum Gasteiger partial charge on any atom is 0.126 e. The first-order valence-electron chi connectivity index (χ1n) is 7.38. The summed E-state index contributed by atoms with van der Waals surface area (Å²) in [6.45, 7) is 4.40. The molecule has 2 nitrogen and oxygen atoms in total. The Morgan fingerprint density at radius 2 is 1.95 bits per heavy atom. The lowest BCUT2D eigenvalue weighted by molar-refractivity contribution is 0.272. The van der Waals surface area contributed by atoms with Gasteiger partial charge in [-0.15, -0.1) is 0 Å². The molecule has 0 saturated carbocycles. The molecule has 1 fully saturated rings. The SMILES string of the molecule is CN(CCc1ccccc1F)CCC1CCNCC1. The van der Waals surface area contributed by atoms with Gasteiger partial charge in [0.25, 0.3) is 0 Å². The van der Waals surface area contributed by atoms with Crippen molar-refractivity contribution in [3.8, 4) is 0 Å². The van der Waals surface area contributed by atoms with Crippen LogP contribution >= 0.6 is 0 Å². The zero-order valence-electron chi connectivity index (χ0n) is 11.9. The van der Waals surface area contributed by atoms with Crippen LogP contribution in [0.15, 0.2) is 24.3 Å². The van der Waals surface area contributed by atoms with E-state index in [0.717, 1.165) is 31.0 Å². The van der Waals surface area contributed by atoms with Gasteiger partial charge in [-0.3, -0.25) is 0 Å². The highest BCUT2D eigenvalue weighted by atomic mass is 19.1. The van der Waals surface area contributed by atoms with E-state index < -0.39 is 0 Å². The van der Waals surface area contributed by atoms with Crippen molar-refractivity contribution in [3.63, 3.8) is 0 Å². The number of rotatable bonds is 6. The molecule has 0 spiro atoms. The van der Waals surface area contributed by atoms with Crippen LogP contribution in [0.2, 0.25) is 0 Å². The van der Waals surface area contributed by atoms with Crippen LogP contribution in [-0.2, 0) is 6.42 Å². The standard InChI is InChI=1S/C16H25FN2/c1-19(12-8-14-6-10-18-11-7-14)13-9-15-4-2-3-5-16(15)17/h2-5,14,18H,6-13H2,1H3. The van der Waals surface area contributed by atoms with E-state index >= 15 is 0 Å². The van der Waals surface area contributed by atoms with Gasteiger partial charge in [0, 0.05) is 6.54 Å². The van der Waals surface area contributed by atoms with Gasteiger partial charge in [0.05, 0.1) is 0 Å². The predicted molar refractivity (Wildman–Crippen MR) is 77.8 cm³/mol. The van der Waals surface area contributed by atoms with Crippen LogP contribution in [0.25, 0.3) is 0 Å². The Hall–Kier alpha value is -0.930. The van der Waals surface area contributed by atoms with Crippen molar-refractivity contribution in [3.05, 3.63) is 35.6 Å². The van der Waals surface area contributed by atoms with Crippen molar-refractivity contribution in [2.75, 3.05) is 33.2 Å². The quantitative estimate of drug-likeness (QED) is 0.850. The van der Waals surface area contributed by atoms with E-state index in [1.807, 2.05) is 12.1 Å². The summed E-state index contributed by atoms with van der Waals surface area (Å²) >= 11 is 0. The smallest absolute Gasteiger partial charge is 0.126 e. The van der Waals surface area contributed by atoms with Gasteiger partial charge in [0.15, 0.2) is 0 Å². The molecule has 1 aromatic rings. The van der Waals surface area contributed by atoms with E-state index in [-0.39, 0.29) is 5.82 Å². The first-order valence-corrected chi connectivity index (χ1v) is 7.38. The Bertz CT molecular complexity index is 375. The predicted octanol–water partition coefficient (Wildman–Crippen LogP) is 2.69. The van der Waals surface area contributed by atoms with Crippen LogP contribution in [0.4, 0.5) is 4.39 Å². The molecule has 0 aromatic heterocycles. The Labute approximate surface area is 116 Å². The fourth-order valence-electron chi connectivity index (χ4n) is 2.70. The molecule has 1 saturated heterocycles. The molecule has 0 unspecified atom stereocenters. The summed E-state index contributed by atoms with van der Waals surface area (Å²) in [4.78, 5) is 2.33. The van der Waals surface area contributed by atoms with Crippen molar-refractivity contribution >= 4 is 0 Å². The van der Waals surface area contributed by atoms with Gasteiger partial charge in [0.2, 0.25) is 0 Å². The molecule has 19 heavy (non-hydrogen) atoms. The maximum atomic E-state index is 13.5. The molecule has 1 heterocycles. The fraction of sp³-hybridized carbons (Fsp3) is 0.625. The first-order chi connectivity index (χ1) is 9.25. The summed E-state index contributed by atoms with van der Waals surface area (Å²) in [5.41, 5.74) is 0.830. The third-order valence-corrected chi connectivity index (χ3v) is 4.10. The zero-order valence-corrected chi connectivity index (χ0v) is 11.9. The minimum atomic E-state index is -0.0748. The van der Waals surface area contributed by atoms with E-state index in [1.54, 1.807) is 12.1 Å². The largest absolute Gasteiger partial charge is 0.317 e. The van der Waals surface area contributed by atoms with Gasteiger partial charge >= 0.3 is 0 Å². The van der Waals surface area contributed by atoms with Crippen molar-refractivity contribution in [1.82, 2.24) is 10.2 Å². The summed E-state index contributed by atoms with van der Waals surface area (Å²) in [7, 11) is 2.14. The van der Waals surface area contributed by atoms with Crippen molar-refractivity contribution in [1.29, 1.82) is 0 Å². The number of piperidine rings is 1. The number of halogens is 1. The number of hydrogen-bond acceptors (Lipinski definition) is 2. The molecule has 1 aliphatic heterocycles. The molecule has 0 aliphatic carbocycles. The summed E-state index contributed by atoms with van der Waals surface area (Å²) < 4.78 is 13.5. The highest BCUT2D eigenvalue weighted by Crippen LogP contribution is 2.16. The average molecular weight is 264 g/mol. The molecule has 106 valence electrons. The van der Waals surface area contributed by atoms with E-state index in [2.05, 4.69) is 17.3 Å². The Morgan fingerprint density at radius 3 is 2.68 bits per heavy atom. The monoisotopic (exact) mass is 264 g/mol. The van der Waals surface area contributed by atoms with Crippen LogP contribution in [0.3, 0.4) is 0 Å². The number of hydrogen-bond donors (Lipinski definition) is 1. The molecule has 1 aliphatic rings. The van der Waals surface area contributed by atoms with E-state index in [4.69, 9.17) is 0 Å². The van der Waals surface area contributed by atoms with Gasteiger partial charge in [-0.2, -0.15) is 0 Å². The van der Waals surface area contributed by atoms with Gasteiger partial charge in [-0.25, -0.2) is 4.39 Å². The molecule has 0 atom stereocenters. The van der Waals surface area contributed by atoms with Crippen LogP contribution < -0.4 is 5.32 Å². The second-order valence-electron chi connectivity index (χ2n) is 5.63. The van der Waals surface area contributed by atoms with Crippen LogP contribution in [-0.4, -0.2) is 38.1 Å². The highest BCUT2D eigenvalue weighted by molar-refractivity contribution is 5.17. The second kappa shape index (κ2) is 7.61. The molecule has 3 heteroatoms. The van der Waals surface area contributed by atoms with Crippen LogP contribution in [0.1, 0.15) is 24.8 Å². The average Bonchev–Trinajstić information content (AvgIpc) is 2.45. The fourth-order valence-corrected chi connectivity index (χ4v) is 2.70. The molecule has 2 rings (SSSR count). The lowest BCUT2D eigenvalue weighted by Gasteiger charge is -2.25. The number of benzene rings is 1. The number of nitrogens with zero attached hydrogens (tertiary/aromatic N) is 1. The van der Waals surface area contributed by atoms with Gasteiger partial charge in [0.1, 0.15) is 5.82 Å². The molecule has 1 N–H and O–H groups in total. The van der Waals surface area contributed by atoms with Crippen molar-refractivity contribution < 1.29 is 4.39 Å². The normalized spacial score (nSPS) is 17.0. The zero-order chi connectivity index (χ0) is 13.5. The summed E-state index contributed by atoms with van der Waals surface area (Å²) in [6.07, 6.45) is 4.69. The van der Waals surface area contributed by atoms with Crippen LogP contribution in [0.5, 0.6) is 0 Å². The molecule has 0 radical (unpaired) electrons. The lowest BCUT2D eigenvalue weighted by Crippen LogP contribution is -2.30. The minimum Gasteiger partial charge on any atom is -0.317 e. The van der Waals surface area contributed by atoms with Crippen LogP contribution in [0, 0.1) is 11.7 Å². The summed E-state index contributed by atoms with van der Waals surface area (Å²) in [5, 5.41) is 3.40. The number of likely N-dealkylation sites (N-methyl/N-ethyl adjacent to an activating group) is 1. The number of nitrogens with one attached hydrogen (secondary N) is 1. The van der Waals surface area contributed by atoms with E-state index in [0.29, 0.717) is 0 Å². The topological polar surface area (TPSA) is 15.3 Å².